The van der Waals surface area contributed by atoms with Gasteiger partial charge in [-0.25, -0.2) is 9.78 Å². The topological polar surface area (TPSA) is 88.1 Å². The van der Waals surface area contributed by atoms with Crippen LogP contribution in [-0.2, 0) is 0 Å². The molecule has 0 aliphatic carbocycles. The lowest BCUT2D eigenvalue weighted by molar-refractivity contribution is 0.257. The molecule has 0 atom stereocenters. The van der Waals surface area contributed by atoms with E-state index in [9.17, 15) is 9.59 Å². The molecule has 32 heavy (non-hydrogen) atoms. The second kappa shape index (κ2) is 10.6. The van der Waals surface area contributed by atoms with Gasteiger partial charge in [-0.3, -0.25) is 14.1 Å². The minimum Gasteiger partial charge on any atom is -0.388 e. The highest BCUT2D eigenvalue weighted by atomic mass is 35.5. The number of halogens is 1. The summed E-state index contributed by atoms with van der Waals surface area (Å²) in [4.78, 5) is 30.5. The second-order valence-electron chi connectivity index (χ2n) is 6.64. The lowest BCUT2D eigenvalue weighted by atomic mass is 10.2. The molecule has 10 heteroatoms. The van der Waals surface area contributed by atoms with E-state index in [0.717, 1.165) is 14.8 Å². The Bertz CT molecular complexity index is 1270. The second-order valence-corrected chi connectivity index (χ2v) is 9.49. The summed E-state index contributed by atoms with van der Waals surface area (Å²) in [6.07, 6.45) is 3.34. The third-order valence-electron chi connectivity index (χ3n) is 4.27. The largest absolute Gasteiger partial charge is 0.388 e. The summed E-state index contributed by atoms with van der Waals surface area (Å²) in [7, 11) is 1.80. The average molecular weight is 488 g/mol. The number of thioether (sulfide) groups is 1. The molecule has 0 fully saturated rings. The van der Waals surface area contributed by atoms with Gasteiger partial charge in [0.15, 0.2) is 0 Å². The quantitative estimate of drug-likeness (QED) is 0.355. The van der Waals surface area contributed by atoms with Gasteiger partial charge in [-0.1, -0.05) is 36.0 Å². The van der Waals surface area contributed by atoms with E-state index in [1.807, 2.05) is 26.0 Å². The summed E-state index contributed by atoms with van der Waals surface area (Å²) in [6.45, 7) is 7.63. The van der Waals surface area contributed by atoms with Crippen molar-refractivity contribution in [3.63, 3.8) is 0 Å². The van der Waals surface area contributed by atoms with Crippen LogP contribution in [0.15, 0.2) is 69.3 Å². The number of carbonyl (C=O) groups is 1. The van der Waals surface area contributed by atoms with Gasteiger partial charge in [0.1, 0.15) is 6.33 Å². The summed E-state index contributed by atoms with van der Waals surface area (Å²) in [5, 5.41) is 6.53. The molecule has 2 aromatic carbocycles. The van der Waals surface area contributed by atoms with E-state index >= 15 is 0 Å². The Morgan fingerprint density at radius 1 is 1.22 bits per heavy atom. The molecule has 0 saturated heterocycles. The van der Waals surface area contributed by atoms with Crippen LogP contribution >= 0.6 is 35.3 Å². The maximum Gasteiger partial charge on any atom is 0.329 e. The van der Waals surface area contributed by atoms with Crippen LogP contribution in [0.2, 0.25) is 5.02 Å². The van der Waals surface area contributed by atoms with Gasteiger partial charge in [-0.15, -0.1) is 0 Å². The van der Waals surface area contributed by atoms with Crippen LogP contribution in [0.5, 0.6) is 0 Å². The van der Waals surface area contributed by atoms with E-state index in [1.54, 1.807) is 37.4 Å². The summed E-state index contributed by atoms with van der Waals surface area (Å²) in [5.41, 5.74) is 2.19. The first-order valence-corrected chi connectivity index (χ1v) is 11.6. The number of fused-ring (bicyclic) bond motifs is 1. The number of anilines is 2. The van der Waals surface area contributed by atoms with Crippen LogP contribution in [0.25, 0.3) is 16.6 Å². The highest BCUT2D eigenvalue weighted by Gasteiger charge is 2.11. The van der Waals surface area contributed by atoms with Crippen molar-refractivity contribution >= 4 is 63.6 Å². The molecule has 3 rings (SSSR count). The minimum absolute atomic E-state index is 0.233. The predicted molar refractivity (Wildman–Crippen MR) is 138 cm³/mol. The molecular formula is C22H22ClN5O2S2. The number of hydrogen-bond donors (Lipinski definition) is 3. The lowest BCUT2D eigenvalue weighted by Crippen LogP contribution is -2.23. The summed E-state index contributed by atoms with van der Waals surface area (Å²) < 4.78 is 5.01. The van der Waals surface area contributed by atoms with Crippen LogP contribution in [0.4, 0.5) is 16.2 Å². The van der Waals surface area contributed by atoms with Crippen molar-refractivity contribution in [2.45, 2.75) is 13.8 Å². The number of nitrogens with zero attached hydrogens (tertiary/aromatic N) is 2. The van der Waals surface area contributed by atoms with E-state index in [1.165, 1.54) is 34.6 Å². The van der Waals surface area contributed by atoms with Gasteiger partial charge in [0.05, 0.1) is 25.9 Å². The monoisotopic (exact) mass is 487 g/mol. The third kappa shape index (κ3) is 5.67. The number of amides is 2. The van der Waals surface area contributed by atoms with Crippen molar-refractivity contribution in [3.05, 3.63) is 79.9 Å². The fourth-order valence-corrected chi connectivity index (χ4v) is 4.61. The number of rotatable bonds is 7. The Kier molecular flexibility index (Phi) is 7.89. The van der Waals surface area contributed by atoms with Crippen molar-refractivity contribution in [1.82, 2.24) is 14.3 Å². The molecule has 0 spiro atoms. The van der Waals surface area contributed by atoms with Crippen molar-refractivity contribution in [3.8, 4) is 5.69 Å². The molecule has 0 bridgehead atoms. The molecule has 1 heterocycles. The van der Waals surface area contributed by atoms with Crippen LogP contribution in [-0.4, -0.2) is 22.6 Å². The average Bonchev–Trinajstić information content (AvgIpc) is 2.77. The molecule has 0 radical (unpaired) electrons. The first-order chi connectivity index (χ1) is 15.3. The zero-order valence-electron chi connectivity index (χ0n) is 17.7. The highest BCUT2D eigenvalue weighted by Crippen LogP contribution is 2.31. The lowest BCUT2D eigenvalue weighted by Gasteiger charge is -2.12. The van der Waals surface area contributed by atoms with Gasteiger partial charge in [-0.2, -0.15) is 0 Å². The number of carbonyl (C=O) groups excluding carboxylic acids is 1. The molecule has 3 N–H and O–H groups in total. The Labute approximate surface area is 199 Å². The Morgan fingerprint density at radius 2 is 1.97 bits per heavy atom. The molecule has 0 aliphatic heterocycles. The number of urea groups is 1. The van der Waals surface area contributed by atoms with Crippen LogP contribution in [0, 0.1) is 0 Å². The Morgan fingerprint density at radius 3 is 2.62 bits per heavy atom. The minimum atomic E-state index is -0.398. The molecule has 2 amide bonds. The zero-order valence-corrected chi connectivity index (χ0v) is 20.1. The van der Waals surface area contributed by atoms with Crippen molar-refractivity contribution in [1.29, 1.82) is 0 Å². The van der Waals surface area contributed by atoms with Gasteiger partial charge in [-0.05, 0) is 67.1 Å². The summed E-state index contributed by atoms with van der Waals surface area (Å²) in [6, 6.07) is 9.87. The molecule has 0 saturated carbocycles. The number of aromatic nitrogens is 2. The Hall–Kier alpha value is -2.88. The van der Waals surface area contributed by atoms with Crippen molar-refractivity contribution in [2.24, 2.45) is 0 Å². The molecule has 1 aromatic heterocycles. The summed E-state index contributed by atoms with van der Waals surface area (Å²) in [5.74, 6) is 0. The maximum absolute atomic E-state index is 12.9. The number of benzene rings is 2. The zero-order chi connectivity index (χ0) is 23.3. The van der Waals surface area contributed by atoms with Crippen LogP contribution < -0.4 is 20.9 Å². The van der Waals surface area contributed by atoms with Gasteiger partial charge < -0.3 is 10.6 Å². The van der Waals surface area contributed by atoms with E-state index < -0.39 is 6.03 Å². The SMILES string of the molecule is C=C(C)S/C(=C\C)SNC(=O)Nc1ccc(-n2cnc3cc(NC)ccc3c2=O)c(Cl)c1. The number of allylic oxidation sites excluding steroid dienone is 2. The van der Waals surface area contributed by atoms with E-state index in [0.29, 0.717) is 27.3 Å². The van der Waals surface area contributed by atoms with Crippen molar-refractivity contribution < 1.29 is 4.79 Å². The molecule has 3 aromatic rings. The van der Waals surface area contributed by atoms with E-state index in [2.05, 4.69) is 26.9 Å². The first-order valence-electron chi connectivity index (χ1n) is 9.55. The molecular weight excluding hydrogens is 466 g/mol. The normalized spacial score (nSPS) is 11.3. The predicted octanol–water partition coefficient (Wildman–Crippen LogP) is 5.98. The molecule has 7 nitrogen and oxygen atoms in total. The fourth-order valence-electron chi connectivity index (χ4n) is 2.79. The number of nitrogens with one attached hydrogen (secondary N) is 3. The van der Waals surface area contributed by atoms with Crippen molar-refractivity contribution in [2.75, 3.05) is 17.7 Å². The van der Waals surface area contributed by atoms with Gasteiger partial charge in [0.25, 0.3) is 5.56 Å². The van der Waals surface area contributed by atoms with Gasteiger partial charge in [0.2, 0.25) is 0 Å². The van der Waals surface area contributed by atoms with E-state index in [-0.39, 0.29) is 5.56 Å². The highest BCUT2D eigenvalue weighted by molar-refractivity contribution is 8.23. The van der Waals surface area contributed by atoms with Gasteiger partial charge in [0, 0.05) is 18.4 Å². The molecule has 0 unspecified atom stereocenters. The summed E-state index contributed by atoms with van der Waals surface area (Å²) >= 11 is 9.10. The third-order valence-corrected chi connectivity index (χ3v) is 6.58. The van der Waals surface area contributed by atoms with Crippen LogP contribution in [0.1, 0.15) is 13.8 Å². The molecule has 0 aliphatic rings. The maximum atomic E-state index is 12.9. The Balaban J connectivity index is 1.77. The fraction of sp³-hybridized carbons (Fsp3) is 0.136. The number of hydrogen-bond acceptors (Lipinski definition) is 6. The smallest absolute Gasteiger partial charge is 0.329 e. The molecule has 166 valence electrons. The van der Waals surface area contributed by atoms with Crippen LogP contribution in [0.3, 0.4) is 0 Å². The van der Waals surface area contributed by atoms with E-state index in [4.69, 9.17) is 11.6 Å². The standard InChI is InChI=1S/C22H22ClN5O2S2/c1-5-20(31-13(2)3)32-27-22(30)26-15-7-9-19(17(23)10-15)28-12-25-18-11-14(24-4)6-8-16(18)21(28)29/h5-12,24H,2H2,1,3-4H3,(H2,26,27,30)/b20-5+. The first kappa shape index (κ1) is 23.8. The van der Waals surface area contributed by atoms with Gasteiger partial charge >= 0.3 is 6.03 Å².